The Balaban J connectivity index is 1.75. The van der Waals surface area contributed by atoms with E-state index < -0.39 is 23.9 Å². The van der Waals surface area contributed by atoms with Crippen LogP contribution < -0.4 is 14.8 Å². The number of benzene rings is 2. The van der Waals surface area contributed by atoms with Crippen LogP contribution in [0.1, 0.15) is 11.1 Å². The topological polar surface area (TPSA) is 80.8 Å². The van der Waals surface area contributed by atoms with Crippen LogP contribution in [0.2, 0.25) is 0 Å². The highest BCUT2D eigenvalue weighted by Crippen LogP contribution is 2.36. The van der Waals surface area contributed by atoms with E-state index in [-0.39, 0.29) is 23.5 Å². The third kappa shape index (κ3) is 4.85. The molecule has 2 heterocycles. The van der Waals surface area contributed by atoms with Crippen molar-refractivity contribution in [2.45, 2.75) is 12.9 Å². The SMILES string of the molecule is COc1ccccc1C1=C(Nc2cccc(OC(F)(F)F)c2)C(=O)N(Cc2ccncc2)C1=O. The zero-order valence-corrected chi connectivity index (χ0v) is 17.8. The van der Waals surface area contributed by atoms with E-state index in [0.29, 0.717) is 16.9 Å². The van der Waals surface area contributed by atoms with Crippen molar-refractivity contribution in [1.82, 2.24) is 9.88 Å². The largest absolute Gasteiger partial charge is 0.573 e. The highest BCUT2D eigenvalue weighted by Gasteiger charge is 2.40. The van der Waals surface area contributed by atoms with E-state index in [1.807, 2.05) is 0 Å². The fourth-order valence-electron chi connectivity index (χ4n) is 3.52. The molecule has 7 nitrogen and oxygen atoms in total. The average molecular weight is 469 g/mol. The van der Waals surface area contributed by atoms with E-state index in [4.69, 9.17) is 4.74 Å². The van der Waals surface area contributed by atoms with E-state index in [0.717, 1.165) is 17.0 Å². The van der Waals surface area contributed by atoms with Crippen LogP contribution in [-0.2, 0) is 16.1 Å². The lowest BCUT2D eigenvalue weighted by atomic mass is 10.0. The summed E-state index contributed by atoms with van der Waals surface area (Å²) in [7, 11) is 1.43. The molecular weight excluding hydrogens is 451 g/mol. The lowest BCUT2D eigenvalue weighted by molar-refractivity contribution is -0.274. The minimum Gasteiger partial charge on any atom is -0.496 e. The third-order valence-corrected chi connectivity index (χ3v) is 4.97. The van der Waals surface area contributed by atoms with Gasteiger partial charge in [-0.3, -0.25) is 19.5 Å². The number of para-hydroxylation sites is 1. The van der Waals surface area contributed by atoms with Gasteiger partial charge in [0.2, 0.25) is 0 Å². The average Bonchev–Trinajstić information content (AvgIpc) is 3.03. The highest BCUT2D eigenvalue weighted by molar-refractivity contribution is 6.36. The molecule has 1 aliphatic heterocycles. The minimum absolute atomic E-state index is 0.0127. The number of anilines is 1. The molecule has 0 unspecified atom stereocenters. The standard InChI is InChI=1S/C24H18F3N3O4/c1-33-19-8-3-2-7-18(19)20-21(29-16-5-4-6-17(13-16)34-24(25,26)27)23(32)30(22(20)31)14-15-9-11-28-12-10-15/h2-13,29H,14H2,1H3. The zero-order chi connectivity index (χ0) is 24.3. The lowest BCUT2D eigenvalue weighted by Gasteiger charge is -2.15. The molecule has 174 valence electrons. The van der Waals surface area contributed by atoms with E-state index >= 15 is 0 Å². The first kappa shape index (κ1) is 22.8. The molecule has 34 heavy (non-hydrogen) atoms. The summed E-state index contributed by atoms with van der Waals surface area (Å²) < 4.78 is 47.3. The van der Waals surface area contributed by atoms with E-state index in [2.05, 4.69) is 15.0 Å². The molecule has 4 rings (SSSR count). The second-order valence-electron chi connectivity index (χ2n) is 7.20. The Morgan fingerprint density at radius 1 is 0.971 bits per heavy atom. The van der Waals surface area contributed by atoms with Crippen molar-refractivity contribution in [2.75, 3.05) is 12.4 Å². The van der Waals surface area contributed by atoms with Crippen molar-refractivity contribution in [3.8, 4) is 11.5 Å². The molecule has 1 aromatic heterocycles. The summed E-state index contributed by atoms with van der Waals surface area (Å²) in [6.45, 7) is -0.0127. The minimum atomic E-state index is -4.87. The van der Waals surface area contributed by atoms with Gasteiger partial charge >= 0.3 is 6.36 Å². The molecule has 0 spiro atoms. The van der Waals surface area contributed by atoms with Crippen LogP contribution >= 0.6 is 0 Å². The smallest absolute Gasteiger partial charge is 0.496 e. The third-order valence-electron chi connectivity index (χ3n) is 4.97. The van der Waals surface area contributed by atoms with Gasteiger partial charge in [-0.15, -0.1) is 13.2 Å². The number of pyridine rings is 1. The number of halogens is 3. The van der Waals surface area contributed by atoms with E-state index in [1.54, 1.807) is 48.8 Å². The molecule has 3 aromatic rings. The number of amides is 2. The number of rotatable bonds is 7. The second-order valence-corrected chi connectivity index (χ2v) is 7.20. The van der Waals surface area contributed by atoms with E-state index in [9.17, 15) is 22.8 Å². The number of hydrogen-bond acceptors (Lipinski definition) is 6. The van der Waals surface area contributed by atoms with Crippen LogP contribution in [0.3, 0.4) is 0 Å². The summed E-state index contributed by atoms with van der Waals surface area (Å²) in [5.41, 5.74) is 1.13. The van der Waals surface area contributed by atoms with Gasteiger partial charge in [-0.25, -0.2) is 0 Å². The maximum Gasteiger partial charge on any atom is 0.573 e. The molecule has 1 N–H and O–H groups in total. The van der Waals surface area contributed by atoms with Crippen molar-refractivity contribution >= 4 is 23.1 Å². The Bertz CT molecular complexity index is 1260. The first-order valence-corrected chi connectivity index (χ1v) is 10.0. The lowest BCUT2D eigenvalue weighted by Crippen LogP contribution is -2.32. The van der Waals surface area contributed by atoms with Crippen molar-refractivity contribution in [3.05, 3.63) is 89.9 Å². The fraction of sp³-hybridized carbons (Fsp3) is 0.125. The van der Waals surface area contributed by atoms with Gasteiger partial charge < -0.3 is 14.8 Å². The normalized spacial score (nSPS) is 13.9. The molecule has 0 aliphatic carbocycles. The number of ether oxygens (including phenoxy) is 2. The summed E-state index contributed by atoms with van der Waals surface area (Å²) in [6.07, 6.45) is -1.79. The molecule has 0 bridgehead atoms. The summed E-state index contributed by atoms with van der Waals surface area (Å²) in [4.78, 5) is 31.7. The molecule has 2 amide bonds. The Labute approximate surface area is 192 Å². The van der Waals surface area contributed by atoms with Crippen molar-refractivity contribution in [3.63, 3.8) is 0 Å². The molecule has 1 aliphatic rings. The number of carbonyl (C=O) groups is 2. The van der Waals surface area contributed by atoms with Gasteiger partial charge in [-0.2, -0.15) is 0 Å². The van der Waals surface area contributed by atoms with Crippen LogP contribution in [0.25, 0.3) is 5.57 Å². The molecule has 2 aromatic carbocycles. The number of alkyl halides is 3. The highest BCUT2D eigenvalue weighted by atomic mass is 19.4. The van der Waals surface area contributed by atoms with Gasteiger partial charge in [-0.1, -0.05) is 24.3 Å². The summed E-state index contributed by atoms with van der Waals surface area (Å²) >= 11 is 0. The number of aromatic nitrogens is 1. The molecule has 0 saturated carbocycles. The number of carbonyl (C=O) groups excluding carboxylic acids is 2. The molecule has 0 fully saturated rings. The predicted octanol–water partition coefficient (Wildman–Crippen LogP) is 4.38. The summed E-state index contributed by atoms with van der Waals surface area (Å²) in [5, 5.41) is 2.82. The number of nitrogens with one attached hydrogen (secondary N) is 1. The van der Waals surface area contributed by atoms with Crippen molar-refractivity contribution in [2.24, 2.45) is 0 Å². The Morgan fingerprint density at radius 3 is 2.41 bits per heavy atom. The number of nitrogens with zero attached hydrogens (tertiary/aromatic N) is 2. The monoisotopic (exact) mass is 469 g/mol. The van der Waals surface area contributed by atoms with Crippen LogP contribution in [0, 0.1) is 0 Å². The quantitative estimate of drug-likeness (QED) is 0.518. The Kier molecular flexibility index (Phi) is 6.22. The van der Waals surface area contributed by atoms with Crippen LogP contribution in [0.4, 0.5) is 18.9 Å². The first-order valence-electron chi connectivity index (χ1n) is 10.0. The second kappa shape index (κ2) is 9.26. The van der Waals surface area contributed by atoms with Crippen molar-refractivity contribution < 1.29 is 32.2 Å². The number of imide groups is 1. The van der Waals surface area contributed by atoms with Crippen LogP contribution in [0.5, 0.6) is 11.5 Å². The van der Waals surface area contributed by atoms with E-state index in [1.165, 1.54) is 19.2 Å². The van der Waals surface area contributed by atoms with Gasteiger partial charge in [0.15, 0.2) is 0 Å². The Morgan fingerprint density at radius 2 is 1.71 bits per heavy atom. The zero-order valence-electron chi connectivity index (χ0n) is 17.8. The molecular formula is C24H18F3N3O4. The van der Waals surface area contributed by atoms with Gasteiger partial charge in [0.1, 0.15) is 17.2 Å². The van der Waals surface area contributed by atoms with Crippen LogP contribution in [0.15, 0.2) is 78.8 Å². The predicted molar refractivity (Wildman–Crippen MR) is 116 cm³/mol. The van der Waals surface area contributed by atoms with Gasteiger partial charge in [0.05, 0.1) is 19.2 Å². The van der Waals surface area contributed by atoms with Gasteiger partial charge in [-0.05, 0) is 35.9 Å². The molecule has 0 saturated heterocycles. The summed E-state index contributed by atoms with van der Waals surface area (Å²) in [5.74, 6) is -1.32. The first-order chi connectivity index (χ1) is 16.3. The molecule has 0 atom stereocenters. The number of methoxy groups -OCH3 is 1. The summed E-state index contributed by atoms with van der Waals surface area (Å²) in [6, 6.07) is 15.0. The maximum atomic E-state index is 13.4. The maximum absolute atomic E-state index is 13.4. The van der Waals surface area contributed by atoms with Gasteiger partial charge in [0.25, 0.3) is 11.8 Å². The van der Waals surface area contributed by atoms with Crippen molar-refractivity contribution in [1.29, 1.82) is 0 Å². The Hall–Kier alpha value is -4.34. The van der Waals surface area contributed by atoms with Crippen LogP contribution in [-0.4, -0.2) is 35.2 Å². The fourth-order valence-corrected chi connectivity index (χ4v) is 3.52. The molecule has 10 heteroatoms. The van der Waals surface area contributed by atoms with Gasteiger partial charge in [0, 0.05) is 29.7 Å². The molecule has 0 radical (unpaired) electrons. The number of hydrogen-bond donors (Lipinski definition) is 1.